The maximum Gasteiger partial charge on any atom is 0.267 e. The molecule has 5 nitrogen and oxygen atoms in total. The second-order valence-corrected chi connectivity index (χ2v) is 5.60. The molecule has 2 aromatic carbocycles. The largest absolute Gasteiger partial charge is 0.268 e. The van der Waals surface area contributed by atoms with Gasteiger partial charge in [0, 0.05) is 6.42 Å². The monoisotopic (exact) mass is 304 g/mol. The summed E-state index contributed by atoms with van der Waals surface area (Å²) in [5, 5.41) is 9.20. The molecule has 0 amide bonds. The number of aromatic nitrogens is 4. The lowest BCUT2D eigenvalue weighted by Crippen LogP contribution is -2.22. The molecule has 0 N–H and O–H groups in total. The molecule has 0 spiro atoms. The number of nitrogens with zero attached hydrogens (tertiary/aromatic N) is 4. The molecule has 114 valence electrons. The van der Waals surface area contributed by atoms with Gasteiger partial charge >= 0.3 is 0 Å². The van der Waals surface area contributed by atoms with Gasteiger partial charge in [0.05, 0.1) is 16.6 Å². The predicted molar refractivity (Wildman–Crippen MR) is 90.2 cm³/mol. The Morgan fingerprint density at radius 2 is 1.74 bits per heavy atom. The van der Waals surface area contributed by atoms with E-state index in [1.54, 1.807) is 4.57 Å². The third kappa shape index (κ3) is 1.97. The Balaban J connectivity index is 2.22. The molecule has 0 aliphatic heterocycles. The highest BCUT2D eigenvalue weighted by molar-refractivity contribution is 5.81. The van der Waals surface area contributed by atoms with Crippen LogP contribution < -0.4 is 5.56 Å². The molecule has 23 heavy (non-hydrogen) atoms. The molecule has 2 aromatic heterocycles. The minimum atomic E-state index is -0.0768. The Morgan fingerprint density at radius 3 is 2.48 bits per heavy atom. The van der Waals surface area contributed by atoms with Crippen LogP contribution in [0.2, 0.25) is 0 Å². The third-order valence-electron chi connectivity index (χ3n) is 4.10. The highest BCUT2D eigenvalue weighted by Gasteiger charge is 2.16. The number of hydrogen-bond donors (Lipinski definition) is 0. The van der Waals surface area contributed by atoms with Gasteiger partial charge in [-0.2, -0.15) is 0 Å². The average Bonchev–Trinajstić information content (AvgIpc) is 3.00. The van der Waals surface area contributed by atoms with E-state index in [-0.39, 0.29) is 5.56 Å². The fourth-order valence-electron chi connectivity index (χ4n) is 2.91. The average molecular weight is 304 g/mol. The van der Waals surface area contributed by atoms with Crippen LogP contribution in [0.15, 0.2) is 53.3 Å². The molecule has 4 rings (SSSR count). The summed E-state index contributed by atoms with van der Waals surface area (Å²) < 4.78 is 3.60. The molecule has 0 aliphatic carbocycles. The Bertz CT molecular complexity index is 1070. The van der Waals surface area contributed by atoms with Crippen molar-refractivity contribution in [2.45, 2.75) is 20.3 Å². The summed E-state index contributed by atoms with van der Waals surface area (Å²) in [5.74, 6) is 1.39. The Kier molecular flexibility index (Phi) is 3.01. The SMILES string of the molecule is CCc1nnc2n(-c3ccc(C)cc3)c(=O)c3ccccc3n12. The fourth-order valence-corrected chi connectivity index (χ4v) is 2.91. The van der Waals surface area contributed by atoms with Crippen molar-refractivity contribution in [2.24, 2.45) is 0 Å². The zero-order valence-electron chi connectivity index (χ0n) is 13.0. The number of rotatable bonds is 2. The molecule has 0 unspecified atom stereocenters. The van der Waals surface area contributed by atoms with Crippen LogP contribution in [0.5, 0.6) is 0 Å². The van der Waals surface area contributed by atoms with Gasteiger partial charge < -0.3 is 0 Å². The van der Waals surface area contributed by atoms with Gasteiger partial charge in [-0.05, 0) is 31.2 Å². The van der Waals surface area contributed by atoms with Crippen LogP contribution in [-0.4, -0.2) is 19.2 Å². The van der Waals surface area contributed by atoms with E-state index in [9.17, 15) is 4.79 Å². The van der Waals surface area contributed by atoms with Gasteiger partial charge in [0.15, 0.2) is 0 Å². The van der Waals surface area contributed by atoms with Crippen molar-refractivity contribution in [1.82, 2.24) is 19.2 Å². The summed E-state index contributed by atoms with van der Waals surface area (Å²) in [4.78, 5) is 13.0. The Labute approximate surface area is 132 Å². The van der Waals surface area contributed by atoms with Crippen LogP contribution in [0, 0.1) is 6.92 Å². The van der Waals surface area contributed by atoms with Gasteiger partial charge in [0.25, 0.3) is 5.56 Å². The first kappa shape index (κ1) is 13.7. The van der Waals surface area contributed by atoms with Gasteiger partial charge in [-0.3, -0.25) is 9.20 Å². The van der Waals surface area contributed by atoms with Gasteiger partial charge in [0.2, 0.25) is 5.78 Å². The van der Waals surface area contributed by atoms with E-state index >= 15 is 0 Å². The minimum absolute atomic E-state index is 0.0768. The molecule has 0 radical (unpaired) electrons. The maximum atomic E-state index is 13.0. The van der Waals surface area contributed by atoms with Crippen molar-refractivity contribution in [3.63, 3.8) is 0 Å². The van der Waals surface area contributed by atoms with Gasteiger partial charge in [0.1, 0.15) is 5.82 Å². The van der Waals surface area contributed by atoms with Crippen LogP contribution in [0.4, 0.5) is 0 Å². The second-order valence-electron chi connectivity index (χ2n) is 5.60. The molecule has 4 aromatic rings. The quantitative estimate of drug-likeness (QED) is 0.572. The Hall–Kier alpha value is -2.95. The van der Waals surface area contributed by atoms with Crippen molar-refractivity contribution >= 4 is 16.7 Å². The normalized spacial score (nSPS) is 11.4. The lowest BCUT2D eigenvalue weighted by molar-refractivity contribution is 0.917. The summed E-state index contributed by atoms with van der Waals surface area (Å²) in [6.45, 7) is 4.06. The number of aryl methyl sites for hydroxylation is 2. The van der Waals surface area contributed by atoms with Crippen LogP contribution in [0.3, 0.4) is 0 Å². The summed E-state index contributed by atoms with van der Waals surface area (Å²) in [7, 11) is 0. The van der Waals surface area contributed by atoms with Crippen LogP contribution in [-0.2, 0) is 6.42 Å². The lowest BCUT2D eigenvalue weighted by Gasteiger charge is -2.11. The molecule has 0 fully saturated rings. The highest BCUT2D eigenvalue weighted by atomic mass is 16.1. The van der Waals surface area contributed by atoms with Crippen LogP contribution in [0.1, 0.15) is 18.3 Å². The van der Waals surface area contributed by atoms with E-state index in [2.05, 4.69) is 10.2 Å². The number of fused-ring (bicyclic) bond motifs is 3. The molecule has 5 heteroatoms. The fraction of sp³-hybridized carbons (Fsp3) is 0.167. The summed E-state index contributed by atoms with van der Waals surface area (Å²) >= 11 is 0. The van der Waals surface area contributed by atoms with Crippen LogP contribution >= 0.6 is 0 Å². The molecule has 0 bridgehead atoms. The zero-order valence-corrected chi connectivity index (χ0v) is 13.0. The molecular formula is C18H16N4O. The van der Waals surface area contributed by atoms with E-state index in [4.69, 9.17) is 0 Å². The van der Waals surface area contributed by atoms with Gasteiger partial charge in [-0.25, -0.2) is 4.57 Å². The van der Waals surface area contributed by atoms with Gasteiger partial charge in [-0.15, -0.1) is 10.2 Å². The Morgan fingerprint density at radius 1 is 1.00 bits per heavy atom. The van der Waals surface area contributed by atoms with Gasteiger partial charge in [-0.1, -0.05) is 36.8 Å². The van der Waals surface area contributed by atoms with Crippen molar-refractivity contribution < 1.29 is 0 Å². The van der Waals surface area contributed by atoms with Crippen molar-refractivity contribution in [3.05, 3.63) is 70.3 Å². The van der Waals surface area contributed by atoms with E-state index in [0.717, 1.165) is 29.0 Å². The first-order valence-electron chi connectivity index (χ1n) is 7.65. The zero-order chi connectivity index (χ0) is 16.0. The number of hydrogen-bond acceptors (Lipinski definition) is 3. The molecule has 0 saturated heterocycles. The molecule has 0 saturated carbocycles. The molecule has 0 atom stereocenters. The first-order chi connectivity index (χ1) is 11.2. The second kappa shape index (κ2) is 5.05. The smallest absolute Gasteiger partial charge is 0.267 e. The summed E-state index contributed by atoms with van der Waals surface area (Å²) in [5.41, 5.74) is 2.71. The van der Waals surface area contributed by atoms with Crippen molar-refractivity contribution in [3.8, 4) is 5.69 Å². The third-order valence-corrected chi connectivity index (χ3v) is 4.10. The highest BCUT2D eigenvalue weighted by Crippen LogP contribution is 2.18. The maximum absolute atomic E-state index is 13.0. The number of benzene rings is 2. The summed E-state index contributed by atoms with van der Waals surface area (Å²) in [6.07, 6.45) is 0.747. The van der Waals surface area contributed by atoms with Crippen molar-refractivity contribution in [2.75, 3.05) is 0 Å². The lowest BCUT2D eigenvalue weighted by atomic mass is 10.2. The van der Waals surface area contributed by atoms with Crippen LogP contribution in [0.25, 0.3) is 22.4 Å². The van der Waals surface area contributed by atoms with E-state index < -0.39 is 0 Å². The van der Waals surface area contributed by atoms with Crippen molar-refractivity contribution in [1.29, 1.82) is 0 Å². The first-order valence-corrected chi connectivity index (χ1v) is 7.65. The molecule has 2 heterocycles. The predicted octanol–water partition coefficient (Wildman–Crippen LogP) is 2.90. The van der Waals surface area contributed by atoms with E-state index in [1.807, 2.05) is 66.8 Å². The molecular weight excluding hydrogens is 288 g/mol. The topological polar surface area (TPSA) is 52.2 Å². The standard InChI is InChI=1S/C18H16N4O/c1-3-16-19-20-18-21(13-10-8-12(2)9-11-13)17(23)14-6-4-5-7-15(14)22(16)18/h4-11H,3H2,1-2H3. The van der Waals surface area contributed by atoms with E-state index in [1.165, 1.54) is 0 Å². The number of para-hydroxylation sites is 1. The summed E-state index contributed by atoms with van der Waals surface area (Å²) in [6, 6.07) is 15.4. The molecule has 0 aliphatic rings. The minimum Gasteiger partial charge on any atom is -0.268 e. The van der Waals surface area contributed by atoms with E-state index in [0.29, 0.717) is 11.2 Å².